The lowest BCUT2D eigenvalue weighted by molar-refractivity contribution is -0.162. The number of hydrogen-bond donors (Lipinski definition) is 8. The van der Waals surface area contributed by atoms with Gasteiger partial charge in [-0.2, -0.15) is 0 Å². The maximum absolute atomic E-state index is 13.9. The summed E-state index contributed by atoms with van der Waals surface area (Å²) in [4.78, 5) is 53.4. The Balaban J connectivity index is 1.89. The topological polar surface area (TPSA) is 237 Å². The van der Waals surface area contributed by atoms with Crippen LogP contribution in [-0.4, -0.2) is 91.7 Å². The smallest absolute Gasteiger partial charge is 0.255 e. The Morgan fingerprint density at radius 3 is 2.29 bits per heavy atom. The molecule has 10 N–H and O–H groups in total. The number of phenolic OH excluding ortho intramolecular Hbond substituents is 1. The molecular weight excluding hydrogens is 536 g/mol. The van der Waals surface area contributed by atoms with Crippen LogP contribution in [0.15, 0.2) is 34.8 Å². The highest BCUT2D eigenvalue weighted by Gasteiger charge is 2.67. The number of anilines is 1. The van der Waals surface area contributed by atoms with Crippen LogP contribution in [0.4, 0.5) is 5.69 Å². The molecule has 1 aromatic carbocycles. The van der Waals surface area contributed by atoms with Gasteiger partial charge in [0.05, 0.1) is 35.4 Å². The molecule has 2 amide bonds. The van der Waals surface area contributed by atoms with Gasteiger partial charge >= 0.3 is 0 Å². The van der Waals surface area contributed by atoms with E-state index >= 15 is 0 Å². The average molecular weight is 573 g/mol. The molecule has 0 fully saturated rings. The van der Waals surface area contributed by atoms with Crippen molar-refractivity contribution in [2.24, 2.45) is 29.2 Å². The summed E-state index contributed by atoms with van der Waals surface area (Å²) in [5.41, 5.74) is 6.61. The molecule has 7 atom stereocenters. The number of ketones is 2. The second-order valence-electron chi connectivity index (χ2n) is 11.7. The van der Waals surface area contributed by atoms with E-state index in [9.17, 15) is 44.7 Å². The number of fused-ring (bicyclic) bond motifs is 3. The largest absolute Gasteiger partial charge is 0.510 e. The van der Waals surface area contributed by atoms with E-state index in [0.29, 0.717) is 6.42 Å². The van der Waals surface area contributed by atoms with E-state index in [-0.39, 0.29) is 22.7 Å². The van der Waals surface area contributed by atoms with Crippen molar-refractivity contribution >= 4 is 29.1 Å². The molecule has 3 aliphatic carbocycles. The SMILES string of the molecule is CC(C)C[C@H](N)C(=O)Nc1ccc2c(c1O)C(=O)C1=C(O)C3(O)C(=O)C(C(N)=O)=C(O)[C@@H](N(C)C)C3C(O)C1C2C. The molecule has 13 heteroatoms. The Kier molecular flexibility index (Phi) is 7.54. The van der Waals surface area contributed by atoms with Crippen LogP contribution in [0.1, 0.15) is 49.0 Å². The number of nitrogens with two attached hydrogens (primary N) is 2. The van der Waals surface area contributed by atoms with Crippen LogP contribution in [0.25, 0.3) is 0 Å². The molecule has 3 aliphatic rings. The van der Waals surface area contributed by atoms with Crippen molar-refractivity contribution in [3.05, 3.63) is 45.9 Å². The number of amides is 2. The Labute approximate surface area is 236 Å². The number of nitrogens with one attached hydrogen (secondary N) is 1. The predicted octanol–water partition coefficient (Wildman–Crippen LogP) is -0.0357. The van der Waals surface area contributed by atoms with Crippen molar-refractivity contribution in [2.75, 3.05) is 19.4 Å². The first-order valence-electron chi connectivity index (χ1n) is 13.2. The van der Waals surface area contributed by atoms with E-state index in [1.165, 1.54) is 31.1 Å². The minimum absolute atomic E-state index is 0.120. The second kappa shape index (κ2) is 10.2. The number of nitrogens with zero attached hydrogens (tertiary/aromatic N) is 1. The van der Waals surface area contributed by atoms with Crippen molar-refractivity contribution in [3.8, 4) is 5.75 Å². The number of hydrogen-bond acceptors (Lipinski definition) is 11. The van der Waals surface area contributed by atoms with Crippen molar-refractivity contribution in [3.63, 3.8) is 0 Å². The van der Waals surface area contributed by atoms with E-state index < -0.39 is 93.3 Å². The van der Waals surface area contributed by atoms with Gasteiger partial charge in [0.25, 0.3) is 5.91 Å². The lowest BCUT2D eigenvalue weighted by Crippen LogP contribution is -2.68. The normalized spacial score (nSPS) is 30.2. The number of Topliss-reactive ketones (excluding diaryl/α,β-unsaturated/α-hetero) is 2. The maximum Gasteiger partial charge on any atom is 0.255 e. The summed E-state index contributed by atoms with van der Waals surface area (Å²) < 4.78 is 0. The molecule has 0 heterocycles. The van der Waals surface area contributed by atoms with Crippen LogP contribution in [0.2, 0.25) is 0 Å². The van der Waals surface area contributed by atoms with Gasteiger partial charge in [-0.25, -0.2) is 0 Å². The highest BCUT2D eigenvalue weighted by atomic mass is 16.4. The quantitative estimate of drug-likeness (QED) is 0.166. The molecule has 0 aliphatic heterocycles. The average Bonchev–Trinajstić information content (AvgIpc) is 2.86. The summed E-state index contributed by atoms with van der Waals surface area (Å²) in [5, 5.41) is 59.3. The molecule has 0 aromatic heterocycles. The number of phenols is 1. The molecule has 222 valence electrons. The molecule has 0 saturated heterocycles. The highest BCUT2D eigenvalue weighted by molar-refractivity contribution is 6.25. The number of rotatable bonds is 6. The standard InChI is InChI=1S/C28H36N4O9/c1-9(2)8-12(29)27(40)31-13-7-6-11-10(3)14-16(21(34)15(11)20(13)33)24(37)28(41)18(22(14)35)19(32(4)5)23(36)17(25(28)38)26(30)39/h6-7,9-10,12,14,18-19,22,33,35-37,41H,8,29H2,1-5H3,(H2,30,39)(H,31,40)/t10?,12-,14?,18?,19-,22?,28?/m0/s1. The maximum atomic E-state index is 13.9. The number of primary amides is 1. The summed E-state index contributed by atoms with van der Waals surface area (Å²) in [6, 6.07) is 0.643. The number of aliphatic hydroxyl groups excluding tert-OH is 3. The number of carbonyl (C=O) groups excluding carboxylic acids is 4. The molecule has 1 aromatic rings. The lowest BCUT2D eigenvalue weighted by Gasteiger charge is -2.53. The molecule has 0 bridgehead atoms. The summed E-state index contributed by atoms with van der Waals surface area (Å²) in [6.07, 6.45) is -1.33. The van der Waals surface area contributed by atoms with E-state index in [4.69, 9.17) is 11.5 Å². The summed E-state index contributed by atoms with van der Waals surface area (Å²) in [5.74, 6) is -10.4. The fourth-order valence-corrected chi connectivity index (χ4v) is 6.56. The van der Waals surface area contributed by atoms with Crippen molar-refractivity contribution < 1.29 is 44.7 Å². The van der Waals surface area contributed by atoms with E-state index in [1.54, 1.807) is 6.92 Å². The third-order valence-electron chi connectivity index (χ3n) is 8.45. The molecule has 0 radical (unpaired) electrons. The lowest BCUT2D eigenvalue weighted by atomic mass is 9.55. The van der Waals surface area contributed by atoms with Gasteiger partial charge in [0.15, 0.2) is 17.1 Å². The van der Waals surface area contributed by atoms with Crippen LogP contribution in [0, 0.1) is 17.8 Å². The van der Waals surface area contributed by atoms with Gasteiger partial charge in [0, 0.05) is 11.5 Å². The molecule has 13 nitrogen and oxygen atoms in total. The van der Waals surface area contributed by atoms with E-state index in [2.05, 4.69) is 5.32 Å². The minimum atomic E-state index is -3.01. The van der Waals surface area contributed by atoms with Gasteiger partial charge in [-0.3, -0.25) is 24.1 Å². The minimum Gasteiger partial charge on any atom is -0.510 e. The van der Waals surface area contributed by atoms with Crippen LogP contribution < -0.4 is 16.8 Å². The predicted molar refractivity (Wildman–Crippen MR) is 146 cm³/mol. The van der Waals surface area contributed by atoms with Gasteiger partial charge in [-0.15, -0.1) is 0 Å². The zero-order valence-electron chi connectivity index (χ0n) is 23.4. The Morgan fingerprint density at radius 1 is 1.15 bits per heavy atom. The van der Waals surface area contributed by atoms with E-state index in [1.807, 2.05) is 13.8 Å². The monoisotopic (exact) mass is 572 g/mol. The number of aromatic hydroxyl groups is 1. The zero-order valence-corrected chi connectivity index (χ0v) is 23.4. The first kappa shape index (κ1) is 30.2. The molecule has 4 rings (SSSR count). The van der Waals surface area contributed by atoms with Crippen molar-refractivity contribution in [2.45, 2.75) is 56.9 Å². The Bertz CT molecular complexity index is 1420. The van der Waals surface area contributed by atoms with Crippen LogP contribution >= 0.6 is 0 Å². The van der Waals surface area contributed by atoms with Crippen molar-refractivity contribution in [1.29, 1.82) is 0 Å². The summed E-state index contributed by atoms with van der Waals surface area (Å²) in [6.45, 7) is 5.39. The van der Waals surface area contributed by atoms with Gasteiger partial charge in [-0.05, 0) is 44.0 Å². The second-order valence-corrected chi connectivity index (χ2v) is 11.7. The van der Waals surface area contributed by atoms with Gasteiger partial charge in [0.2, 0.25) is 11.7 Å². The Hall–Kier alpha value is -3.78. The third-order valence-corrected chi connectivity index (χ3v) is 8.45. The molecule has 0 spiro atoms. The first-order valence-corrected chi connectivity index (χ1v) is 13.2. The number of benzene rings is 1. The number of likely N-dealkylation sites (N-methyl/N-ethyl adjacent to an activating group) is 1. The molecule has 41 heavy (non-hydrogen) atoms. The fraction of sp³-hybridized carbons (Fsp3) is 0.500. The fourth-order valence-electron chi connectivity index (χ4n) is 6.56. The molecule has 5 unspecified atom stereocenters. The highest BCUT2D eigenvalue weighted by Crippen LogP contribution is 2.56. The van der Waals surface area contributed by atoms with Crippen LogP contribution in [0.3, 0.4) is 0 Å². The van der Waals surface area contributed by atoms with Gasteiger partial charge < -0.3 is 42.3 Å². The number of carbonyl (C=O) groups is 4. The van der Waals surface area contributed by atoms with Gasteiger partial charge in [0.1, 0.15) is 17.1 Å². The molecular formula is C28H36N4O9. The van der Waals surface area contributed by atoms with E-state index in [0.717, 1.165) is 0 Å². The third kappa shape index (κ3) is 4.31. The summed E-state index contributed by atoms with van der Waals surface area (Å²) in [7, 11) is 2.93. The van der Waals surface area contributed by atoms with Crippen molar-refractivity contribution in [1.82, 2.24) is 4.90 Å². The first-order chi connectivity index (χ1) is 19.0. The van der Waals surface area contributed by atoms with Crippen LogP contribution in [-0.2, 0) is 14.4 Å². The molecule has 0 saturated carbocycles. The Morgan fingerprint density at radius 2 is 1.76 bits per heavy atom. The zero-order chi connectivity index (χ0) is 30.9. The van der Waals surface area contributed by atoms with Crippen LogP contribution in [0.5, 0.6) is 5.75 Å². The number of aliphatic hydroxyl groups is 4. The van der Waals surface area contributed by atoms with Gasteiger partial charge in [-0.1, -0.05) is 26.8 Å². The summed E-state index contributed by atoms with van der Waals surface area (Å²) >= 11 is 0.